The van der Waals surface area contributed by atoms with Gasteiger partial charge >= 0.3 is 5.97 Å². The fraction of sp³-hybridized carbons (Fsp3) is 0.375. The Morgan fingerprint density at radius 1 is 1.33 bits per heavy atom. The topological polar surface area (TPSA) is 71.5 Å². The third-order valence-electron chi connectivity index (χ3n) is 3.89. The Morgan fingerprint density at radius 3 is 2.90 bits per heavy atom. The van der Waals surface area contributed by atoms with Crippen LogP contribution in [-0.4, -0.2) is 35.8 Å². The molecule has 110 valence electrons. The van der Waals surface area contributed by atoms with Gasteiger partial charge in [-0.1, -0.05) is 6.07 Å². The fourth-order valence-electron chi connectivity index (χ4n) is 2.63. The third-order valence-corrected chi connectivity index (χ3v) is 3.89. The van der Waals surface area contributed by atoms with Gasteiger partial charge in [0, 0.05) is 11.6 Å². The van der Waals surface area contributed by atoms with Crippen LogP contribution in [0.5, 0.6) is 5.88 Å². The van der Waals surface area contributed by atoms with Crippen LogP contribution in [0.3, 0.4) is 0 Å². The Kier molecular flexibility index (Phi) is 4.01. The number of aromatic carboxylic acids is 1. The van der Waals surface area contributed by atoms with Gasteiger partial charge in [-0.05, 0) is 55.4 Å². The number of nitrogens with one attached hydrogen (secondary N) is 1. The summed E-state index contributed by atoms with van der Waals surface area (Å²) < 4.78 is 5.86. The minimum absolute atomic E-state index is 0.252. The van der Waals surface area contributed by atoms with Crippen LogP contribution in [0.25, 0.3) is 10.8 Å². The van der Waals surface area contributed by atoms with Gasteiger partial charge in [0.15, 0.2) is 0 Å². The SMILES string of the molecule is O=C(O)c1ccc2ccnc(OCC3CCNCC3)c2c1. The molecule has 0 amide bonds. The van der Waals surface area contributed by atoms with Crippen molar-refractivity contribution in [2.24, 2.45) is 5.92 Å². The lowest BCUT2D eigenvalue weighted by molar-refractivity contribution is 0.0697. The molecule has 2 heterocycles. The van der Waals surface area contributed by atoms with Crippen molar-refractivity contribution in [2.75, 3.05) is 19.7 Å². The maximum atomic E-state index is 11.1. The van der Waals surface area contributed by atoms with Crippen molar-refractivity contribution in [3.63, 3.8) is 0 Å². The Hall–Kier alpha value is -2.14. The summed E-state index contributed by atoms with van der Waals surface area (Å²) in [7, 11) is 0. The summed E-state index contributed by atoms with van der Waals surface area (Å²) in [5, 5.41) is 14.1. The van der Waals surface area contributed by atoms with Gasteiger partial charge < -0.3 is 15.2 Å². The smallest absolute Gasteiger partial charge is 0.335 e. The lowest BCUT2D eigenvalue weighted by atomic mass is 9.99. The van der Waals surface area contributed by atoms with Crippen molar-refractivity contribution in [3.8, 4) is 5.88 Å². The van der Waals surface area contributed by atoms with Crippen LogP contribution in [-0.2, 0) is 0 Å². The quantitative estimate of drug-likeness (QED) is 0.902. The first kappa shape index (κ1) is 13.8. The number of hydrogen-bond donors (Lipinski definition) is 2. The van der Waals surface area contributed by atoms with Gasteiger partial charge in [-0.15, -0.1) is 0 Å². The Balaban J connectivity index is 1.83. The van der Waals surface area contributed by atoms with Crippen LogP contribution in [0, 0.1) is 5.92 Å². The highest BCUT2D eigenvalue weighted by molar-refractivity contribution is 5.96. The van der Waals surface area contributed by atoms with Crippen LogP contribution < -0.4 is 10.1 Å². The van der Waals surface area contributed by atoms with Crippen molar-refractivity contribution in [1.82, 2.24) is 10.3 Å². The van der Waals surface area contributed by atoms with E-state index in [1.54, 1.807) is 24.4 Å². The van der Waals surface area contributed by atoms with Crippen molar-refractivity contribution in [3.05, 3.63) is 36.0 Å². The average Bonchev–Trinajstić information content (AvgIpc) is 2.53. The Labute approximate surface area is 123 Å². The van der Waals surface area contributed by atoms with Crippen LogP contribution in [0.1, 0.15) is 23.2 Å². The summed E-state index contributed by atoms with van der Waals surface area (Å²) in [4.78, 5) is 15.4. The van der Waals surface area contributed by atoms with Gasteiger partial charge in [0.25, 0.3) is 0 Å². The molecule has 2 aromatic rings. The van der Waals surface area contributed by atoms with E-state index in [2.05, 4.69) is 10.3 Å². The minimum Gasteiger partial charge on any atom is -0.478 e. The van der Waals surface area contributed by atoms with Gasteiger partial charge in [0.1, 0.15) is 0 Å². The van der Waals surface area contributed by atoms with Crippen molar-refractivity contribution in [2.45, 2.75) is 12.8 Å². The van der Waals surface area contributed by atoms with E-state index >= 15 is 0 Å². The number of piperidine rings is 1. The molecule has 1 aromatic carbocycles. The monoisotopic (exact) mass is 286 g/mol. The fourth-order valence-corrected chi connectivity index (χ4v) is 2.63. The molecular formula is C16H18N2O3. The number of fused-ring (bicyclic) bond motifs is 1. The number of pyridine rings is 1. The van der Waals surface area contributed by atoms with E-state index in [1.807, 2.05) is 6.07 Å². The molecule has 1 fully saturated rings. The van der Waals surface area contributed by atoms with Crippen molar-refractivity contribution >= 4 is 16.7 Å². The van der Waals surface area contributed by atoms with Crippen LogP contribution in [0.15, 0.2) is 30.5 Å². The average molecular weight is 286 g/mol. The molecule has 0 aliphatic carbocycles. The van der Waals surface area contributed by atoms with E-state index in [0.717, 1.165) is 36.7 Å². The zero-order valence-electron chi connectivity index (χ0n) is 11.7. The van der Waals surface area contributed by atoms with Gasteiger partial charge in [0.05, 0.1) is 12.2 Å². The minimum atomic E-state index is -0.940. The number of benzene rings is 1. The summed E-state index contributed by atoms with van der Waals surface area (Å²) >= 11 is 0. The first-order valence-corrected chi connectivity index (χ1v) is 7.19. The number of carboxylic acids is 1. The first-order valence-electron chi connectivity index (χ1n) is 7.19. The molecule has 0 atom stereocenters. The predicted octanol–water partition coefficient (Wildman–Crippen LogP) is 2.31. The largest absolute Gasteiger partial charge is 0.478 e. The number of hydrogen-bond acceptors (Lipinski definition) is 4. The maximum absolute atomic E-state index is 11.1. The van der Waals surface area contributed by atoms with Gasteiger partial charge in [-0.25, -0.2) is 9.78 Å². The predicted molar refractivity (Wildman–Crippen MR) is 79.8 cm³/mol. The second-order valence-corrected chi connectivity index (χ2v) is 5.36. The Morgan fingerprint density at radius 2 is 2.14 bits per heavy atom. The van der Waals surface area contributed by atoms with E-state index in [4.69, 9.17) is 9.84 Å². The van der Waals surface area contributed by atoms with E-state index in [-0.39, 0.29) is 5.56 Å². The lowest BCUT2D eigenvalue weighted by Gasteiger charge is -2.22. The summed E-state index contributed by atoms with van der Waals surface area (Å²) in [6.07, 6.45) is 3.90. The number of ether oxygens (including phenoxy) is 1. The second-order valence-electron chi connectivity index (χ2n) is 5.36. The van der Waals surface area contributed by atoms with Crippen LogP contribution in [0.2, 0.25) is 0 Å². The van der Waals surface area contributed by atoms with Crippen LogP contribution >= 0.6 is 0 Å². The molecule has 21 heavy (non-hydrogen) atoms. The summed E-state index contributed by atoms with van der Waals surface area (Å²) in [6.45, 7) is 2.69. The van der Waals surface area contributed by atoms with Gasteiger partial charge in [0.2, 0.25) is 5.88 Å². The number of carbonyl (C=O) groups is 1. The van der Waals surface area contributed by atoms with Gasteiger partial charge in [-0.3, -0.25) is 0 Å². The normalized spacial score (nSPS) is 16.0. The van der Waals surface area contributed by atoms with E-state index in [0.29, 0.717) is 18.4 Å². The number of rotatable bonds is 4. The molecule has 3 rings (SSSR count). The molecule has 1 aliphatic heterocycles. The molecular weight excluding hydrogens is 268 g/mol. The third kappa shape index (κ3) is 3.13. The summed E-state index contributed by atoms with van der Waals surface area (Å²) in [6, 6.07) is 6.87. The molecule has 2 N–H and O–H groups in total. The zero-order chi connectivity index (χ0) is 14.7. The van der Waals surface area contributed by atoms with E-state index in [1.165, 1.54) is 0 Å². The summed E-state index contributed by atoms with van der Waals surface area (Å²) in [5.74, 6) is 0.116. The number of aromatic nitrogens is 1. The molecule has 1 aromatic heterocycles. The molecule has 0 spiro atoms. The zero-order valence-corrected chi connectivity index (χ0v) is 11.7. The standard InChI is InChI=1S/C16H18N2O3/c19-16(20)13-2-1-12-5-8-18-15(14(12)9-13)21-10-11-3-6-17-7-4-11/h1-2,5,8-9,11,17H,3-4,6-7,10H2,(H,19,20). The molecule has 0 radical (unpaired) electrons. The molecule has 0 unspecified atom stereocenters. The molecule has 1 aliphatic rings. The maximum Gasteiger partial charge on any atom is 0.335 e. The lowest BCUT2D eigenvalue weighted by Crippen LogP contribution is -2.30. The van der Waals surface area contributed by atoms with Crippen molar-refractivity contribution in [1.29, 1.82) is 0 Å². The molecule has 5 heteroatoms. The molecule has 1 saturated heterocycles. The highest BCUT2D eigenvalue weighted by Crippen LogP contribution is 2.25. The second kappa shape index (κ2) is 6.10. The van der Waals surface area contributed by atoms with E-state index < -0.39 is 5.97 Å². The number of carboxylic acid groups (broad SMARTS) is 1. The highest BCUT2D eigenvalue weighted by atomic mass is 16.5. The molecule has 5 nitrogen and oxygen atoms in total. The van der Waals surface area contributed by atoms with Crippen molar-refractivity contribution < 1.29 is 14.6 Å². The van der Waals surface area contributed by atoms with Gasteiger partial charge in [-0.2, -0.15) is 0 Å². The number of nitrogens with zero attached hydrogens (tertiary/aromatic N) is 1. The van der Waals surface area contributed by atoms with E-state index in [9.17, 15) is 4.79 Å². The molecule has 0 saturated carbocycles. The van der Waals surface area contributed by atoms with Crippen LogP contribution in [0.4, 0.5) is 0 Å². The summed E-state index contributed by atoms with van der Waals surface area (Å²) in [5.41, 5.74) is 0.252. The molecule has 0 bridgehead atoms. The Bertz CT molecular complexity index is 651. The highest BCUT2D eigenvalue weighted by Gasteiger charge is 2.15. The first-order chi connectivity index (χ1) is 10.2.